The number of fused-ring (bicyclic) bond motifs is 1. The van der Waals surface area contributed by atoms with Gasteiger partial charge in [-0.15, -0.1) is 10.2 Å². The van der Waals surface area contributed by atoms with Crippen LogP contribution in [0.2, 0.25) is 10.4 Å². The van der Waals surface area contributed by atoms with Gasteiger partial charge in [0.25, 0.3) is 0 Å². The fraction of sp³-hybridized carbons (Fsp3) is 0.308. The number of para-hydroxylation sites is 1. The number of nitrogens with zero attached hydrogens (tertiary/aromatic N) is 4. The molecule has 98 valence electrons. The smallest absolute Gasteiger partial charge is 0.245 e. The monoisotopic (exact) mass is 294 g/mol. The van der Waals surface area contributed by atoms with E-state index in [0.29, 0.717) is 11.9 Å². The molecule has 0 saturated heterocycles. The van der Waals surface area contributed by atoms with E-state index in [4.69, 9.17) is 23.2 Å². The van der Waals surface area contributed by atoms with Crippen LogP contribution >= 0.6 is 23.2 Å². The van der Waals surface area contributed by atoms with Crippen LogP contribution in [0, 0.1) is 0 Å². The van der Waals surface area contributed by atoms with Gasteiger partial charge in [-0.3, -0.25) is 0 Å². The number of halogens is 2. The SMILES string of the molecule is CC1CCc2ccccc2N1c1nc(Cl)nnc1Cl. The normalized spacial score (nSPS) is 18.3. The molecule has 0 aliphatic carbocycles. The molecule has 1 aromatic heterocycles. The highest BCUT2D eigenvalue weighted by Crippen LogP contribution is 2.38. The van der Waals surface area contributed by atoms with E-state index in [1.165, 1.54) is 5.56 Å². The molecule has 0 spiro atoms. The zero-order chi connectivity index (χ0) is 13.4. The summed E-state index contributed by atoms with van der Waals surface area (Å²) in [7, 11) is 0. The van der Waals surface area contributed by atoms with E-state index < -0.39 is 0 Å². The van der Waals surface area contributed by atoms with Crippen molar-refractivity contribution in [1.29, 1.82) is 0 Å². The second-order valence-electron chi connectivity index (χ2n) is 4.58. The average molecular weight is 295 g/mol. The summed E-state index contributed by atoms with van der Waals surface area (Å²) in [6, 6.07) is 8.53. The molecule has 4 nitrogen and oxygen atoms in total. The fourth-order valence-corrected chi connectivity index (χ4v) is 2.74. The number of aromatic nitrogens is 3. The van der Waals surface area contributed by atoms with Gasteiger partial charge in [0.15, 0.2) is 11.0 Å². The van der Waals surface area contributed by atoms with E-state index >= 15 is 0 Å². The predicted octanol–water partition coefficient (Wildman–Crippen LogP) is 3.65. The van der Waals surface area contributed by atoms with Crippen LogP contribution < -0.4 is 4.90 Å². The molecule has 0 amide bonds. The number of rotatable bonds is 1. The molecule has 0 fully saturated rings. The Morgan fingerprint density at radius 1 is 1.21 bits per heavy atom. The van der Waals surface area contributed by atoms with Gasteiger partial charge in [-0.25, -0.2) is 0 Å². The second-order valence-corrected chi connectivity index (χ2v) is 5.28. The number of hydrogen-bond acceptors (Lipinski definition) is 4. The van der Waals surface area contributed by atoms with Gasteiger partial charge < -0.3 is 4.90 Å². The molecule has 0 bridgehead atoms. The zero-order valence-electron chi connectivity index (χ0n) is 10.3. The maximum atomic E-state index is 6.12. The Labute approximate surface area is 121 Å². The van der Waals surface area contributed by atoms with Crippen LogP contribution in [0.25, 0.3) is 0 Å². The number of anilines is 2. The molecule has 1 atom stereocenters. The van der Waals surface area contributed by atoms with Crippen molar-refractivity contribution in [3.8, 4) is 0 Å². The van der Waals surface area contributed by atoms with Gasteiger partial charge >= 0.3 is 0 Å². The molecule has 6 heteroatoms. The Morgan fingerprint density at radius 2 is 2.00 bits per heavy atom. The van der Waals surface area contributed by atoms with Crippen molar-refractivity contribution in [1.82, 2.24) is 15.2 Å². The Kier molecular flexibility index (Phi) is 3.29. The van der Waals surface area contributed by atoms with Gasteiger partial charge in [0.2, 0.25) is 5.28 Å². The number of benzene rings is 1. The van der Waals surface area contributed by atoms with Crippen molar-refractivity contribution in [3.63, 3.8) is 0 Å². The van der Waals surface area contributed by atoms with Gasteiger partial charge in [-0.2, -0.15) is 4.98 Å². The van der Waals surface area contributed by atoms with Crippen molar-refractivity contribution in [2.45, 2.75) is 25.8 Å². The minimum atomic E-state index is 0.106. The lowest BCUT2D eigenvalue weighted by Gasteiger charge is -2.36. The molecule has 19 heavy (non-hydrogen) atoms. The van der Waals surface area contributed by atoms with Crippen molar-refractivity contribution >= 4 is 34.7 Å². The lowest BCUT2D eigenvalue weighted by Crippen LogP contribution is -2.34. The van der Waals surface area contributed by atoms with Crippen molar-refractivity contribution < 1.29 is 0 Å². The van der Waals surface area contributed by atoms with E-state index in [9.17, 15) is 0 Å². The minimum Gasteiger partial charge on any atom is -0.321 e. The molecular weight excluding hydrogens is 283 g/mol. The van der Waals surface area contributed by atoms with Crippen LogP contribution in [0.5, 0.6) is 0 Å². The highest BCUT2D eigenvalue weighted by atomic mass is 35.5. The first kappa shape index (κ1) is 12.6. The third kappa shape index (κ3) is 2.26. The Hall–Kier alpha value is -1.39. The molecule has 2 heterocycles. The van der Waals surface area contributed by atoms with E-state index in [0.717, 1.165) is 18.5 Å². The quantitative estimate of drug-likeness (QED) is 0.805. The summed E-state index contributed by atoms with van der Waals surface area (Å²) in [5.41, 5.74) is 2.39. The number of aryl methyl sites for hydroxylation is 1. The average Bonchev–Trinajstić information content (AvgIpc) is 2.42. The fourth-order valence-electron chi connectivity index (χ4n) is 2.45. The summed E-state index contributed by atoms with van der Waals surface area (Å²) < 4.78 is 0. The van der Waals surface area contributed by atoms with Gasteiger partial charge in [0.1, 0.15) is 0 Å². The summed E-state index contributed by atoms with van der Waals surface area (Å²) in [6.45, 7) is 2.14. The molecular formula is C13H12Cl2N4. The van der Waals surface area contributed by atoms with Crippen molar-refractivity contribution in [2.24, 2.45) is 0 Å². The first-order valence-corrected chi connectivity index (χ1v) is 6.85. The van der Waals surface area contributed by atoms with Crippen LogP contribution in [-0.4, -0.2) is 21.2 Å². The third-order valence-corrected chi connectivity index (χ3v) is 3.76. The lowest BCUT2D eigenvalue weighted by molar-refractivity contribution is 0.611. The highest BCUT2D eigenvalue weighted by molar-refractivity contribution is 6.32. The zero-order valence-corrected chi connectivity index (χ0v) is 11.9. The molecule has 0 saturated carbocycles. The van der Waals surface area contributed by atoms with Gasteiger partial charge in [-0.05, 0) is 43.0 Å². The summed E-state index contributed by atoms with van der Waals surface area (Å²) >= 11 is 12.0. The topological polar surface area (TPSA) is 41.9 Å². The van der Waals surface area contributed by atoms with Gasteiger partial charge in [0, 0.05) is 11.7 Å². The van der Waals surface area contributed by atoms with E-state index in [2.05, 4.69) is 39.1 Å². The van der Waals surface area contributed by atoms with Crippen LogP contribution in [0.1, 0.15) is 18.9 Å². The standard InChI is InChI=1S/C13H12Cl2N4/c1-8-6-7-9-4-2-3-5-10(9)19(8)12-11(14)17-18-13(15)16-12/h2-5,8H,6-7H2,1H3. The molecule has 0 N–H and O–H groups in total. The molecule has 1 unspecified atom stereocenters. The summed E-state index contributed by atoms with van der Waals surface area (Å²) in [6.07, 6.45) is 2.09. The molecule has 0 radical (unpaired) electrons. The maximum Gasteiger partial charge on any atom is 0.245 e. The van der Waals surface area contributed by atoms with Crippen LogP contribution in [0.3, 0.4) is 0 Å². The summed E-state index contributed by atoms with van der Waals surface area (Å²) in [5.74, 6) is 0.571. The Balaban J connectivity index is 2.16. The van der Waals surface area contributed by atoms with Crippen LogP contribution in [-0.2, 0) is 6.42 Å². The Bertz CT molecular complexity index is 617. The molecule has 2 aromatic rings. The van der Waals surface area contributed by atoms with E-state index in [-0.39, 0.29) is 10.4 Å². The predicted molar refractivity (Wildman–Crippen MR) is 76.2 cm³/mol. The van der Waals surface area contributed by atoms with E-state index in [1.807, 2.05) is 12.1 Å². The summed E-state index contributed by atoms with van der Waals surface area (Å²) in [4.78, 5) is 6.32. The van der Waals surface area contributed by atoms with Gasteiger partial charge in [-0.1, -0.05) is 29.8 Å². The molecule has 1 aromatic carbocycles. The largest absolute Gasteiger partial charge is 0.321 e. The molecule has 1 aliphatic rings. The minimum absolute atomic E-state index is 0.106. The Morgan fingerprint density at radius 3 is 2.84 bits per heavy atom. The second kappa shape index (κ2) is 4.94. The van der Waals surface area contributed by atoms with Crippen molar-refractivity contribution in [3.05, 3.63) is 40.3 Å². The van der Waals surface area contributed by atoms with Crippen LogP contribution in [0.4, 0.5) is 11.5 Å². The number of hydrogen-bond donors (Lipinski definition) is 0. The molecule has 3 rings (SSSR count). The molecule has 1 aliphatic heterocycles. The van der Waals surface area contributed by atoms with Crippen molar-refractivity contribution in [2.75, 3.05) is 4.90 Å². The maximum absolute atomic E-state index is 6.12. The first-order chi connectivity index (χ1) is 9.16. The third-order valence-electron chi connectivity index (χ3n) is 3.35. The first-order valence-electron chi connectivity index (χ1n) is 6.09. The lowest BCUT2D eigenvalue weighted by atomic mass is 9.97. The summed E-state index contributed by atoms with van der Waals surface area (Å²) in [5, 5.41) is 7.88. The van der Waals surface area contributed by atoms with E-state index in [1.54, 1.807) is 0 Å². The highest BCUT2D eigenvalue weighted by Gasteiger charge is 2.27. The van der Waals surface area contributed by atoms with Crippen LogP contribution in [0.15, 0.2) is 24.3 Å². The van der Waals surface area contributed by atoms with Gasteiger partial charge in [0.05, 0.1) is 0 Å².